The summed E-state index contributed by atoms with van der Waals surface area (Å²) in [5, 5.41) is 2.76. The Bertz CT molecular complexity index is 306. The molecule has 1 amide bonds. The molecule has 1 unspecified atom stereocenters. The minimum Gasteiger partial charge on any atom is -0.325 e. The van der Waals surface area contributed by atoms with Gasteiger partial charge in [-0.3, -0.25) is 4.79 Å². The molecule has 1 aromatic rings. The summed E-state index contributed by atoms with van der Waals surface area (Å²) >= 11 is 0. The van der Waals surface area contributed by atoms with Crippen molar-refractivity contribution in [2.45, 2.75) is 26.3 Å². The first kappa shape index (κ1) is 10.7. The SMILES string of the molecule is CCC(N)C(=O)Nc1ccc(C)cc1. The molecule has 14 heavy (non-hydrogen) atoms. The van der Waals surface area contributed by atoms with Crippen LogP contribution < -0.4 is 11.1 Å². The highest BCUT2D eigenvalue weighted by Crippen LogP contribution is 2.08. The normalized spacial score (nSPS) is 12.2. The molecule has 76 valence electrons. The van der Waals surface area contributed by atoms with Gasteiger partial charge in [0.15, 0.2) is 0 Å². The molecule has 0 heterocycles. The van der Waals surface area contributed by atoms with Crippen LogP contribution >= 0.6 is 0 Å². The lowest BCUT2D eigenvalue weighted by atomic mass is 10.2. The summed E-state index contributed by atoms with van der Waals surface area (Å²) in [4.78, 5) is 11.4. The zero-order valence-electron chi connectivity index (χ0n) is 8.58. The molecule has 0 aliphatic heterocycles. The van der Waals surface area contributed by atoms with Crippen molar-refractivity contribution >= 4 is 11.6 Å². The number of carbonyl (C=O) groups excluding carboxylic acids is 1. The summed E-state index contributed by atoms with van der Waals surface area (Å²) < 4.78 is 0. The Morgan fingerprint density at radius 2 is 2.00 bits per heavy atom. The van der Waals surface area contributed by atoms with Gasteiger partial charge in [-0.25, -0.2) is 0 Å². The fraction of sp³-hybridized carbons (Fsp3) is 0.364. The van der Waals surface area contributed by atoms with Gasteiger partial charge in [-0.15, -0.1) is 0 Å². The van der Waals surface area contributed by atoms with Gasteiger partial charge in [0, 0.05) is 5.69 Å². The summed E-state index contributed by atoms with van der Waals surface area (Å²) in [6.07, 6.45) is 0.650. The summed E-state index contributed by atoms with van der Waals surface area (Å²) in [7, 11) is 0. The monoisotopic (exact) mass is 192 g/mol. The molecule has 0 radical (unpaired) electrons. The zero-order valence-corrected chi connectivity index (χ0v) is 8.58. The molecular formula is C11H16N2O. The van der Waals surface area contributed by atoms with Gasteiger partial charge in [-0.1, -0.05) is 24.6 Å². The number of rotatable bonds is 3. The smallest absolute Gasteiger partial charge is 0.241 e. The van der Waals surface area contributed by atoms with E-state index in [1.54, 1.807) is 0 Å². The average Bonchev–Trinajstić information content (AvgIpc) is 2.20. The van der Waals surface area contributed by atoms with Crippen molar-refractivity contribution in [1.29, 1.82) is 0 Å². The van der Waals surface area contributed by atoms with Gasteiger partial charge in [0.2, 0.25) is 5.91 Å². The Morgan fingerprint density at radius 3 is 2.50 bits per heavy atom. The van der Waals surface area contributed by atoms with Gasteiger partial charge >= 0.3 is 0 Å². The molecule has 0 saturated heterocycles. The molecule has 0 aromatic heterocycles. The number of nitrogens with one attached hydrogen (secondary N) is 1. The molecule has 0 aliphatic rings. The van der Waals surface area contributed by atoms with Crippen LogP contribution in [0.25, 0.3) is 0 Å². The summed E-state index contributed by atoms with van der Waals surface area (Å²) in [6, 6.07) is 7.22. The number of anilines is 1. The highest BCUT2D eigenvalue weighted by atomic mass is 16.2. The predicted molar refractivity (Wildman–Crippen MR) is 58.1 cm³/mol. The fourth-order valence-electron chi connectivity index (χ4n) is 1.06. The standard InChI is InChI=1S/C11H16N2O/c1-3-10(12)11(14)13-9-6-4-8(2)5-7-9/h4-7,10H,3,12H2,1-2H3,(H,13,14). The van der Waals surface area contributed by atoms with Crippen molar-refractivity contribution in [1.82, 2.24) is 0 Å². The molecule has 0 aliphatic carbocycles. The van der Waals surface area contributed by atoms with Crippen LogP contribution in [0.3, 0.4) is 0 Å². The number of benzene rings is 1. The van der Waals surface area contributed by atoms with Crippen LogP contribution in [0.5, 0.6) is 0 Å². The van der Waals surface area contributed by atoms with Crippen LogP contribution in [0.1, 0.15) is 18.9 Å². The quantitative estimate of drug-likeness (QED) is 0.765. The Hall–Kier alpha value is -1.35. The van der Waals surface area contributed by atoms with Crippen LogP contribution in [0.15, 0.2) is 24.3 Å². The predicted octanol–water partition coefficient (Wildman–Crippen LogP) is 1.67. The molecule has 3 nitrogen and oxygen atoms in total. The van der Waals surface area contributed by atoms with Crippen LogP contribution in [0.2, 0.25) is 0 Å². The van der Waals surface area contributed by atoms with Crippen molar-refractivity contribution in [3.05, 3.63) is 29.8 Å². The van der Waals surface area contributed by atoms with Crippen LogP contribution in [-0.2, 0) is 4.79 Å². The van der Waals surface area contributed by atoms with E-state index in [4.69, 9.17) is 5.73 Å². The maximum atomic E-state index is 11.4. The van der Waals surface area contributed by atoms with E-state index in [-0.39, 0.29) is 5.91 Å². The van der Waals surface area contributed by atoms with Gasteiger partial charge in [0.05, 0.1) is 6.04 Å². The number of hydrogen-bond donors (Lipinski definition) is 2. The van der Waals surface area contributed by atoms with Crippen molar-refractivity contribution in [3.63, 3.8) is 0 Å². The molecular weight excluding hydrogens is 176 g/mol. The molecule has 1 aromatic carbocycles. The lowest BCUT2D eigenvalue weighted by molar-refractivity contribution is -0.117. The van der Waals surface area contributed by atoms with Crippen molar-refractivity contribution in [2.24, 2.45) is 5.73 Å². The van der Waals surface area contributed by atoms with Gasteiger partial charge in [0.1, 0.15) is 0 Å². The van der Waals surface area contributed by atoms with E-state index in [1.165, 1.54) is 5.56 Å². The van der Waals surface area contributed by atoms with E-state index < -0.39 is 6.04 Å². The highest BCUT2D eigenvalue weighted by Gasteiger charge is 2.10. The molecule has 3 heteroatoms. The maximum Gasteiger partial charge on any atom is 0.241 e. The first-order valence-corrected chi connectivity index (χ1v) is 4.76. The third-order valence-corrected chi connectivity index (χ3v) is 2.10. The van der Waals surface area contributed by atoms with E-state index in [2.05, 4.69) is 5.32 Å². The number of hydrogen-bond acceptors (Lipinski definition) is 2. The second kappa shape index (κ2) is 4.77. The number of nitrogens with two attached hydrogens (primary N) is 1. The number of carbonyl (C=O) groups is 1. The van der Waals surface area contributed by atoms with Crippen molar-refractivity contribution < 1.29 is 4.79 Å². The first-order valence-electron chi connectivity index (χ1n) is 4.76. The molecule has 3 N–H and O–H groups in total. The summed E-state index contributed by atoms with van der Waals surface area (Å²) in [5.74, 6) is -0.128. The number of aryl methyl sites for hydroxylation is 1. The third-order valence-electron chi connectivity index (χ3n) is 2.10. The lowest BCUT2D eigenvalue weighted by Gasteiger charge is -2.09. The maximum absolute atomic E-state index is 11.4. The van der Waals surface area contributed by atoms with Crippen molar-refractivity contribution in [3.8, 4) is 0 Å². The minimum atomic E-state index is -0.420. The van der Waals surface area contributed by atoms with Gasteiger partial charge in [0.25, 0.3) is 0 Å². The third kappa shape index (κ3) is 2.85. The second-order valence-electron chi connectivity index (χ2n) is 3.37. The molecule has 1 rings (SSSR count). The first-order chi connectivity index (χ1) is 6.63. The molecule has 1 atom stereocenters. The van der Waals surface area contributed by atoms with Crippen LogP contribution in [-0.4, -0.2) is 11.9 Å². The Labute approximate surface area is 84.3 Å². The second-order valence-corrected chi connectivity index (χ2v) is 3.37. The van der Waals surface area contributed by atoms with Crippen LogP contribution in [0.4, 0.5) is 5.69 Å². The van der Waals surface area contributed by atoms with E-state index in [9.17, 15) is 4.79 Å². The van der Waals surface area contributed by atoms with Crippen molar-refractivity contribution in [2.75, 3.05) is 5.32 Å². The van der Waals surface area contributed by atoms with Crippen LogP contribution in [0, 0.1) is 6.92 Å². The number of amides is 1. The van der Waals surface area contributed by atoms with Gasteiger partial charge in [-0.2, -0.15) is 0 Å². The zero-order chi connectivity index (χ0) is 10.6. The van der Waals surface area contributed by atoms with E-state index in [0.29, 0.717) is 6.42 Å². The average molecular weight is 192 g/mol. The summed E-state index contributed by atoms with van der Waals surface area (Å²) in [5.41, 5.74) is 7.55. The highest BCUT2D eigenvalue weighted by molar-refractivity contribution is 5.94. The Balaban J connectivity index is 2.60. The largest absolute Gasteiger partial charge is 0.325 e. The topological polar surface area (TPSA) is 55.1 Å². The fourth-order valence-corrected chi connectivity index (χ4v) is 1.06. The minimum absolute atomic E-state index is 0.128. The van der Waals surface area contributed by atoms with E-state index in [0.717, 1.165) is 5.69 Å². The molecule has 0 spiro atoms. The molecule has 0 saturated carbocycles. The van der Waals surface area contributed by atoms with E-state index in [1.807, 2.05) is 38.1 Å². The summed E-state index contributed by atoms with van der Waals surface area (Å²) in [6.45, 7) is 3.89. The molecule has 0 fully saturated rings. The molecule has 0 bridgehead atoms. The Kier molecular flexibility index (Phi) is 3.65. The Morgan fingerprint density at radius 1 is 1.43 bits per heavy atom. The van der Waals surface area contributed by atoms with Gasteiger partial charge < -0.3 is 11.1 Å². The van der Waals surface area contributed by atoms with Gasteiger partial charge in [-0.05, 0) is 25.5 Å². The lowest BCUT2D eigenvalue weighted by Crippen LogP contribution is -2.34. The van der Waals surface area contributed by atoms with E-state index >= 15 is 0 Å².